The lowest BCUT2D eigenvalue weighted by Crippen LogP contribution is -2.32. The summed E-state index contributed by atoms with van der Waals surface area (Å²) < 4.78 is 43.7. The van der Waals surface area contributed by atoms with Crippen molar-refractivity contribution in [2.45, 2.75) is 50.0 Å². The summed E-state index contributed by atoms with van der Waals surface area (Å²) in [6.07, 6.45) is 2.63. The van der Waals surface area contributed by atoms with Crippen LogP contribution >= 0.6 is 0 Å². The number of hydrogen-bond donors (Lipinski definition) is 2. The number of carbonyl (C=O) groups excluding carboxylic acids is 2. The van der Waals surface area contributed by atoms with Gasteiger partial charge >= 0.3 is 5.97 Å². The molecule has 0 saturated heterocycles. The number of sulfonamides is 1. The van der Waals surface area contributed by atoms with Crippen LogP contribution in [0.1, 0.15) is 37.3 Å². The van der Waals surface area contributed by atoms with E-state index < -0.39 is 28.0 Å². The first-order chi connectivity index (χ1) is 16.3. The first-order valence-corrected chi connectivity index (χ1v) is 12.8. The van der Waals surface area contributed by atoms with Crippen LogP contribution in [0.4, 0.5) is 5.69 Å². The van der Waals surface area contributed by atoms with Gasteiger partial charge in [-0.25, -0.2) is 13.1 Å². The molecular formula is C24H28N2O7S. The normalized spacial score (nSPS) is 15.7. The van der Waals surface area contributed by atoms with Crippen LogP contribution in [0.3, 0.4) is 0 Å². The highest BCUT2D eigenvalue weighted by atomic mass is 32.2. The van der Waals surface area contributed by atoms with Crippen molar-refractivity contribution in [1.82, 2.24) is 4.72 Å². The summed E-state index contributed by atoms with van der Waals surface area (Å²) in [7, 11) is -3.86. The van der Waals surface area contributed by atoms with Crippen LogP contribution in [0.25, 0.3) is 0 Å². The maximum atomic E-state index is 12.6. The lowest BCUT2D eigenvalue weighted by Gasteiger charge is -2.14. The minimum atomic E-state index is -3.86. The minimum Gasteiger partial charge on any atom is -0.490 e. The molecule has 0 aromatic heterocycles. The quantitative estimate of drug-likeness (QED) is 0.548. The Morgan fingerprint density at radius 3 is 2.59 bits per heavy atom. The minimum absolute atomic E-state index is 0.00668. The number of nitrogens with one attached hydrogen (secondary N) is 2. The molecule has 0 radical (unpaired) electrons. The molecule has 1 aliphatic heterocycles. The standard InChI is InChI=1S/C24H28N2O7S/c1-16(24(28)26-19-7-6-17-4-2-5-18(17)14-19)33-23(27)10-11-25-34(29,30)20-8-9-21-22(15-20)32-13-3-12-31-21/h6-9,14-16,25H,2-5,10-13H2,1H3,(H,26,28). The molecule has 2 aliphatic rings. The molecular weight excluding hydrogens is 460 g/mol. The second-order valence-corrected chi connectivity index (χ2v) is 10.0. The zero-order chi connectivity index (χ0) is 24.1. The van der Waals surface area contributed by atoms with Crippen molar-refractivity contribution in [3.63, 3.8) is 0 Å². The zero-order valence-corrected chi connectivity index (χ0v) is 19.8. The summed E-state index contributed by atoms with van der Waals surface area (Å²) in [6.45, 7) is 2.24. The number of amides is 1. The predicted molar refractivity (Wildman–Crippen MR) is 125 cm³/mol. The molecule has 0 saturated carbocycles. The third-order valence-electron chi connectivity index (χ3n) is 5.69. The molecule has 2 aromatic rings. The summed E-state index contributed by atoms with van der Waals surface area (Å²) in [4.78, 5) is 24.5. The smallest absolute Gasteiger partial charge is 0.307 e. The van der Waals surface area contributed by atoms with Crippen LogP contribution in [0.15, 0.2) is 41.3 Å². The number of hydrogen-bond acceptors (Lipinski definition) is 7. The van der Waals surface area contributed by atoms with Crippen molar-refractivity contribution in [1.29, 1.82) is 0 Å². The topological polar surface area (TPSA) is 120 Å². The molecule has 10 heteroatoms. The number of carbonyl (C=O) groups is 2. The number of esters is 1. The van der Waals surface area contributed by atoms with E-state index in [9.17, 15) is 18.0 Å². The van der Waals surface area contributed by atoms with E-state index in [1.54, 1.807) is 6.07 Å². The molecule has 0 fully saturated rings. The van der Waals surface area contributed by atoms with E-state index >= 15 is 0 Å². The summed E-state index contributed by atoms with van der Waals surface area (Å²) in [5.74, 6) is -0.271. The Kier molecular flexibility index (Phi) is 7.38. The van der Waals surface area contributed by atoms with Crippen molar-refractivity contribution >= 4 is 27.6 Å². The maximum Gasteiger partial charge on any atom is 0.307 e. The van der Waals surface area contributed by atoms with Gasteiger partial charge in [-0.05, 0) is 61.6 Å². The molecule has 2 aromatic carbocycles. The molecule has 9 nitrogen and oxygen atoms in total. The van der Waals surface area contributed by atoms with E-state index in [0.717, 1.165) is 19.3 Å². The highest BCUT2D eigenvalue weighted by molar-refractivity contribution is 7.89. The lowest BCUT2D eigenvalue weighted by atomic mass is 10.1. The van der Waals surface area contributed by atoms with Gasteiger partial charge in [-0.1, -0.05) is 6.07 Å². The van der Waals surface area contributed by atoms with Crippen LogP contribution in [0.2, 0.25) is 0 Å². The van der Waals surface area contributed by atoms with Gasteiger partial charge in [-0.2, -0.15) is 0 Å². The van der Waals surface area contributed by atoms with Crippen LogP contribution in [-0.2, 0) is 37.2 Å². The van der Waals surface area contributed by atoms with E-state index in [4.69, 9.17) is 14.2 Å². The number of anilines is 1. The van der Waals surface area contributed by atoms with E-state index in [2.05, 4.69) is 10.0 Å². The number of aryl methyl sites for hydroxylation is 2. The Morgan fingerprint density at radius 2 is 1.76 bits per heavy atom. The Balaban J connectivity index is 1.25. The maximum absolute atomic E-state index is 12.6. The fourth-order valence-corrected chi connectivity index (χ4v) is 4.93. The van der Waals surface area contributed by atoms with Gasteiger partial charge in [-0.3, -0.25) is 9.59 Å². The fraction of sp³-hybridized carbons (Fsp3) is 0.417. The Hall–Kier alpha value is -3.11. The highest BCUT2D eigenvalue weighted by Gasteiger charge is 2.21. The molecule has 2 N–H and O–H groups in total. The van der Waals surface area contributed by atoms with Crippen molar-refractivity contribution in [2.75, 3.05) is 25.1 Å². The largest absolute Gasteiger partial charge is 0.490 e. The molecule has 34 heavy (non-hydrogen) atoms. The van der Waals surface area contributed by atoms with Crippen LogP contribution in [0.5, 0.6) is 11.5 Å². The molecule has 1 atom stereocenters. The second kappa shape index (κ2) is 10.4. The van der Waals surface area contributed by atoms with Crippen LogP contribution < -0.4 is 19.5 Å². The molecule has 1 heterocycles. The van der Waals surface area contributed by atoms with Gasteiger partial charge in [0, 0.05) is 24.7 Å². The van der Waals surface area contributed by atoms with E-state index in [-0.39, 0.29) is 17.9 Å². The SMILES string of the molecule is CC(OC(=O)CCNS(=O)(=O)c1ccc2c(c1)OCCCO2)C(=O)Nc1ccc2c(c1)CCC2. The summed E-state index contributed by atoms with van der Waals surface area (Å²) >= 11 is 0. The Labute approximate surface area is 198 Å². The highest BCUT2D eigenvalue weighted by Crippen LogP contribution is 2.31. The average Bonchev–Trinajstić information content (AvgIpc) is 3.14. The molecule has 1 unspecified atom stereocenters. The summed E-state index contributed by atoms with van der Waals surface area (Å²) in [5, 5.41) is 2.76. The Morgan fingerprint density at radius 1 is 1.00 bits per heavy atom. The van der Waals surface area contributed by atoms with Crippen molar-refractivity contribution in [3.05, 3.63) is 47.5 Å². The van der Waals surface area contributed by atoms with Crippen LogP contribution in [0, 0.1) is 0 Å². The van der Waals surface area contributed by atoms with Gasteiger partial charge < -0.3 is 19.5 Å². The summed E-state index contributed by atoms with van der Waals surface area (Å²) in [6, 6.07) is 10.1. The van der Waals surface area contributed by atoms with Gasteiger partial charge in [0.1, 0.15) is 0 Å². The van der Waals surface area contributed by atoms with Crippen molar-refractivity contribution < 1.29 is 32.2 Å². The summed E-state index contributed by atoms with van der Waals surface area (Å²) in [5.41, 5.74) is 3.19. The number of benzene rings is 2. The third kappa shape index (κ3) is 5.87. The van der Waals surface area contributed by atoms with Gasteiger partial charge in [0.15, 0.2) is 17.6 Å². The first-order valence-electron chi connectivity index (χ1n) is 11.3. The number of rotatable bonds is 8. The first kappa shape index (κ1) is 24.0. The number of fused-ring (bicyclic) bond motifs is 2. The average molecular weight is 489 g/mol. The molecule has 1 aliphatic carbocycles. The van der Waals surface area contributed by atoms with E-state index in [1.807, 2.05) is 18.2 Å². The molecule has 182 valence electrons. The van der Waals surface area contributed by atoms with Crippen molar-refractivity contribution in [3.8, 4) is 11.5 Å². The van der Waals surface area contributed by atoms with Gasteiger partial charge in [0.25, 0.3) is 5.91 Å². The zero-order valence-electron chi connectivity index (χ0n) is 19.0. The van der Waals surface area contributed by atoms with Crippen LogP contribution in [-0.4, -0.2) is 46.2 Å². The van der Waals surface area contributed by atoms with E-state index in [1.165, 1.54) is 30.2 Å². The number of ether oxygens (including phenoxy) is 3. The molecule has 0 spiro atoms. The third-order valence-corrected chi connectivity index (χ3v) is 7.15. The molecule has 4 rings (SSSR count). The Bertz CT molecular complexity index is 1180. The lowest BCUT2D eigenvalue weighted by molar-refractivity contribution is -0.152. The molecule has 1 amide bonds. The van der Waals surface area contributed by atoms with E-state index in [0.29, 0.717) is 36.8 Å². The van der Waals surface area contributed by atoms with Gasteiger partial charge in [0.2, 0.25) is 10.0 Å². The second-order valence-electron chi connectivity index (χ2n) is 8.27. The van der Waals surface area contributed by atoms with Crippen molar-refractivity contribution in [2.24, 2.45) is 0 Å². The predicted octanol–water partition coefficient (Wildman–Crippen LogP) is 2.58. The molecule has 0 bridgehead atoms. The monoisotopic (exact) mass is 488 g/mol. The van der Waals surface area contributed by atoms with Gasteiger partial charge in [0.05, 0.1) is 24.5 Å². The fourth-order valence-electron chi connectivity index (χ4n) is 3.88. The van der Waals surface area contributed by atoms with Gasteiger partial charge in [-0.15, -0.1) is 0 Å².